The number of aromatic nitrogens is 1. The lowest BCUT2D eigenvalue weighted by Crippen LogP contribution is -2.49. The Balaban J connectivity index is 1.91. The number of hydrogen-bond donors (Lipinski definition) is 0. The first-order valence-electron chi connectivity index (χ1n) is 14.5. The predicted molar refractivity (Wildman–Crippen MR) is 155 cm³/mol. The fraction of sp³-hybridized carbons (Fsp3) is 0.594. The van der Waals surface area contributed by atoms with E-state index >= 15 is 0 Å². The Morgan fingerprint density at radius 3 is 1.66 bits per heavy atom. The molecule has 0 fully saturated rings. The van der Waals surface area contributed by atoms with Crippen molar-refractivity contribution in [1.29, 1.82) is 0 Å². The van der Waals surface area contributed by atoms with Crippen molar-refractivity contribution in [1.82, 2.24) is 0 Å². The van der Waals surface area contributed by atoms with E-state index in [1.54, 1.807) is 0 Å². The molecule has 0 radical (unpaired) electrons. The van der Waals surface area contributed by atoms with Gasteiger partial charge in [-0.1, -0.05) is 63.8 Å². The van der Waals surface area contributed by atoms with Gasteiger partial charge in [-0.15, -0.1) is 0 Å². The molecule has 1 aromatic carbocycles. The number of unbranched alkanes of at least 4 members (excludes halogenated alkanes) is 4. The Bertz CT molecular complexity index is 801. The maximum absolute atomic E-state index is 2.58. The van der Waals surface area contributed by atoms with Crippen LogP contribution in [0.5, 0.6) is 0 Å². The maximum Gasteiger partial charge on any atom is 0.169 e. The molecule has 0 saturated carbocycles. The fourth-order valence-corrected chi connectivity index (χ4v) is 4.93. The Hall–Kier alpha value is -2.13. The summed E-state index contributed by atoms with van der Waals surface area (Å²) in [6.45, 7) is 20.0. The van der Waals surface area contributed by atoms with Gasteiger partial charge in [0, 0.05) is 30.9 Å². The van der Waals surface area contributed by atoms with Crippen LogP contribution in [0.3, 0.4) is 0 Å². The van der Waals surface area contributed by atoms with Crippen molar-refractivity contribution in [2.45, 2.75) is 86.1 Å². The van der Waals surface area contributed by atoms with Crippen LogP contribution >= 0.6 is 0 Å². The molecule has 2 rings (SSSR count). The molecule has 0 N–H and O–H groups in total. The van der Waals surface area contributed by atoms with Crippen LogP contribution in [0.1, 0.15) is 90.7 Å². The van der Waals surface area contributed by atoms with E-state index in [0.29, 0.717) is 0 Å². The van der Waals surface area contributed by atoms with Crippen molar-refractivity contribution >= 4 is 17.8 Å². The molecule has 194 valence electrons. The zero-order chi connectivity index (χ0) is 25.4. The van der Waals surface area contributed by atoms with Crippen molar-refractivity contribution in [2.75, 3.05) is 44.2 Å². The fourth-order valence-electron chi connectivity index (χ4n) is 4.93. The van der Waals surface area contributed by atoms with E-state index in [4.69, 9.17) is 0 Å². The van der Waals surface area contributed by atoms with Gasteiger partial charge in [0.05, 0.1) is 32.6 Å². The standard InChI is InChI=1S/C32H53N3/c1-6-11-13-25-34(26-14-12-7-2)32-20-18-30(19-21-32)16-17-31-22-27-33(28-23-31)24-15-29-35(8-3,9-4)10-5/h16-23,27-28H,6-15,24-26,29H2,1-5H3/q+2. The molecule has 1 heterocycles. The smallest absolute Gasteiger partial charge is 0.169 e. The number of anilines is 1. The summed E-state index contributed by atoms with van der Waals surface area (Å²) in [5.74, 6) is 0. The van der Waals surface area contributed by atoms with E-state index in [1.807, 2.05) is 0 Å². The highest BCUT2D eigenvalue weighted by molar-refractivity contribution is 5.70. The minimum Gasteiger partial charge on any atom is -0.372 e. The predicted octanol–water partition coefficient (Wildman–Crippen LogP) is 7.60. The van der Waals surface area contributed by atoms with Gasteiger partial charge in [0.2, 0.25) is 0 Å². The van der Waals surface area contributed by atoms with Gasteiger partial charge in [-0.2, -0.15) is 0 Å². The normalized spacial score (nSPS) is 11.9. The minimum atomic E-state index is 1.10. The van der Waals surface area contributed by atoms with Crippen LogP contribution < -0.4 is 9.47 Å². The molecule has 0 aliphatic rings. The molecule has 0 aliphatic carbocycles. The monoisotopic (exact) mass is 479 g/mol. The molecule has 0 spiro atoms. The van der Waals surface area contributed by atoms with Gasteiger partial charge >= 0.3 is 0 Å². The second kappa shape index (κ2) is 16.5. The highest BCUT2D eigenvalue weighted by atomic mass is 15.3. The molecule has 0 saturated heterocycles. The van der Waals surface area contributed by atoms with E-state index in [2.05, 4.69) is 105 Å². The first-order valence-corrected chi connectivity index (χ1v) is 14.5. The number of quaternary nitrogens is 1. The van der Waals surface area contributed by atoms with E-state index in [0.717, 1.165) is 6.54 Å². The van der Waals surface area contributed by atoms with E-state index in [9.17, 15) is 0 Å². The van der Waals surface area contributed by atoms with Gasteiger partial charge in [-0.25, -0.2) is 4.57 Å². The Labute approximate surface area is 217 Å². The van der Waals surface area contributed by atoms with Crippen molar-refractivity contribution in [3.63, 3.8) is 0 Å². The molecule has 3 nitrogen and oxygen atoms in total. The average Bonchev–Trinajstić information content (AvgIpc) is 2.90. The molecule has 0 amide bonds. The van der Waals surface area contributed by atoms with E-state index in [1.165, 1.54) is 106 Å². The van der Waals surface area contributed by atoms with Crippen LogP contribution in [-0.2, 0) is 6.54 Å². The van der Waals surface area contributed by atoms with Gasteiger partial charge in [-0.3, -0.25) is 0 Å². The summed E-state index contributed by atoms with van der Waals surface area (Å²) >= 11 is 0. The largest absolute Gasteiger partial charge is 0.372 e. The summed E-state index contributed by atoms with van der Waals surface area (Å²) in [6, 6.07) is 13.6. The highest BCUT2D eigenvalue weighted by Gasteiger charge is 2.20. The Kier molecular flexibility index (Phi) is 13.7. The van der Waals surface area contributed by atoms with Gasteiger partial charge in [0.15, 0.2) is 18.9 Å². The zero-order valence-electron chi connectivity index (χ0n) is 23.5. The number of rotatable bonds is 18. The molecule has 0 aliphatic heterocycles. The average molecular weight is 480 g/mol. The third-order valence-corrected chi connectivity index (χ3v) is 7.77. The molecular formula is C32H53N3+2. The van der Waals surface area contributed by atoms with Crippen LogP contribution in [0.25, 0.3) is 12.2 Å². The molecule has 2 aromatic rings. The Morgan fingerprint density at radius 1 is 0.657 bits per heavy atom. The molecular weight excluding hydrogens is 426 g/mol. The third kappa shape index (κ3) is 10.2. The second-order valence-electron chi connectivity index (χ2n) is 10.1. The lowest BCUT2D eigenvalue weighted by molar-refractivity contribution is -0.925. The number of benzene rings is 1. The number of aryl methyl sites for hydroxylation is 1. The van der Waals surface area contributed by atoms with Crippen molar-refractivity contribution in [2.24, 2.45) is 0 Å². The summed E-state index contributed by atoms with van der Waals surface area (Å²) in [4.78, 5) is 2.58. The van der Waals surface area contributed by atoms with E-state index in [-0.39, 0.29) is 0 Å². The topological polar surface area (TPSA) is 7.12 Å². The summed E-state index contributed by atoms with van der Waals surface area (Å²) in [5.41, 5.74) is 3.89. The minimum absolute atomic E-state index is 1.10. The molecule has 0 bridgehead atoms. The lowest BCUT2D eigenvalue weighted by atomic mass is 10.1. The lowest BCUT2D eigenvalue weighted by Gasteiger charge is -2.35. The van der Waals surface area contributed by atoms with Crippen LogP contribution in [0.2, 0.25) is 0 Å². The van der Waals surface area contributed by atoms with E-state index < -0.39 is 0 Å². The van der Waals surface area contributed by atoms with Gasteiger partial charge in [-0.05, 0) is 56.9 Å². The summed E-state index contributed by atoms with van der Waals surface area (Å²) < 4.78 is 3.56. The van der Waals surface area contributed by atoms with Crippen LogP contribution in [0.15, 0.2) is 48.8 Å². The first-order chi connectivity index (χ1) is 17.1. The highest BCUT2D eigenvalue weighted by Crippen LogP contribution is 2.19. The van der Waals surface area contributed by atoms with Crippen LogP contribution in [0, 0.1) is 0 Å². The van der Waals surface area contributed by atoms with Crippen molar-refractivity contribution < 1.29 is 9.05 Å². The van der Waals surface area contributed by atoms with Crippen LogP contribution in [-0.4, -0.2) is 43.8 Å². The number of hydrogen-bond acceptors (Lipinski definition) is 1. The molecule has 0 atom stereocenters. The molecule has 3 heteroatoms. The number of pyridine rings is 1. The summed E-state index contributed by atoms with van der Waals surface area (Å²) in [6.07, 6.45) is 17.9. The van der Waals surface area contributed by atoms with Gasteiger partial charge in [0.1, 0.15) is 0 Å². The quantitative estimate of drug-likeness (QED) is 0.121. The summed E-state index contributed by atoms with van der Waals surface area (Å²) in [7, 11) is 0. The Morgan fingerprint density at radius 2 is 1.17 bits per heavy atom. The zero-order valence-corrected chi connectivity index (χ0v) is 23.5. The van der Waals surface area contributed by atoms with Crippen molar-refractivity contribution in [3.05, 3.63) is 59.9 Å². The molecule has 1 aromatic heterocycles. The van der Waals surface area contributed by atoms with Gasteiger partial charge in [0.25, 0.3) is 0 Å². The third-order valence-electron chi connectivity index (χ3n) is 7.77. The SMILES string of the molecule is CCCCCN(CCCCC)c1ccc(/C=C/c2cc[n+](CCC[N+](CC)(CC)CC)cc2)cc1. The first kappa shape index (κ1) is 29.1. The van der Waals surface area contributed by atoms with Crippen LogP contribution in [0.4, 0.5) is 5.69 Å². The molecule has 35 heavy (non-hydrogen) atoms. The molecule has 0 unspecified atom stereocenters. The summed E-state index contributed by atoms with van der Waals surface area (Å²) in [5, 5.41) is 0. The van der Waals surface area contributed by atoms with Crippen molar-refractivity contribution in [3.8, 4) is 0 Å². The maximum atomic E-state index is 2.58. The second-order valence-corrected chi connectivity index (χ2v) is 10.1. The van der Waals surface area contributed by atoms with Gasteiger partial charge < -0.3 is 9.38 Å². The number of nitrogens with zero attached hydrogens (tertiary/aromatic N) is 3.